The number of aromatic nitrogens is 2. The van der Waals surface area contributed by atoms with E-state index < -0.39 is 5.97 Å². The molecule has 0 radical (unpaired) electrons. The van der Waals surface area contributed by atoms with E-state index in [-0.39, 0.29) is 23.6 Å². The van der Waals surface area contributed by atoms with Crippen molar-refractivity contribution in [3.8, 4) is 0 Å². The van der Waals surface area contributed by atoms with Gasteiger partial charge in [0.1, 0.15) is 5.69 Å². The van der Waals surface area contributed by atoms with Crippen LogP contribution in [0.15, 0.2) is 16.9 Å². The molecular weight excluding hydrogens is 262 g/mol. The molecule has 0 aliphatic carbocycles. The molecule has 0 saturated carbocycles. The van der Waals surface area contributed by atoms with E-state index in [0.717, 1.165) is 12.8 Å². The molecule has 0 spiro atoms. The summed E-state index contributed by atoms with van der Waals surface area (Å²) in [7, 11) is 0. The van der Waals surface area contributed by atoms with Crippen LogP contribution >= 0.6 is 0 Å². The Kier molecular flexibility index (Phi) is 4.49. The third kappa shape index (κ3) is 3.66. The van der Waals surface area contributed by atoms with E-state index in [9.17, 15) is 14.4 Å². The van der Waals surface area contributed by atoms with Crippen LogP contribution in [0, 0.1) is 5.92 Å². The number of carbonyl (C=O) groups excluding carboxylic acids is 1. The lowest BCUT2D eigenvalue weighted by Crippen LogP contribution is -2.39. The van der Waals surface area contributed by atoms with E-state index in [4.69, 9.17) is 5.11 Å². The first kappa shape index (κ1) is 14.2. The Morgan fingerprint density at radius 3 is 2.60 bits per heavy atom. The highest BCUT2D eigenvalue weighted by Crippen LogP contribution is 2.22. The summed E-state index contributed by atoms with van der Waals surface area (Å²) in [5.74, 6) is -0.613. The number of aliphatic carboxylic acids is 1. The average Bonchev–Trinajstić information content (AvgIpc) is 2.46. The number of aromatic amines is 1. The van der Waals surface area contributed by atoms with Crippen LogP contribution in [0.2, 0.25) is 0 Å². The minimum Gasteiger partial charge on any atom is -0.481 e. The lowest BCUT2D eigenvalue weighted by atomic mass is 9.92. The summed E-state index contributed by atoms with van der Waals surface area (Å²) in [4.78, 5) is 35.2. The highest BCUT2D eigenvalue weighted by atomic mass is 16.4. The number of carbonyl (C=O) groups is 2. The largest absolute Gasteiger partial charge is 0.481 e. The van der Waals surface area contributed by atoms with Gasteiger partial charge in [-0.3, -0.25) is 14.4 Å². The number of H-pyrrole nitrogens is 1. The van der Waals surface area contributed by atoms with Crippen molar-refractivity contribution in [3.63, 3.8) is 0 Å². The van der Waals surface area contributed by atoms with Crippen LogP contribution in [0.1, 0.15) is 36.2 Å². The van der Waals surface area contributed by atoms with Gasteiger partial charge in [0, 0.05) is 25.6 Å². The minimum atomic E-state index is -0.777. The number of hydrogen-bond acceptors (Lipinski definition) is 4. The molecule has 1 fully saturated rings. The number of carboxylic acid groups (broad SMARTS) is 1. The molecule has 7 heteroatoms. The molecular formula is C13H17N3O4. The molecule has 0 aromatic carbocycles. The topological polar surface area (TPSA) is 103 Å². The van der Waals surface area contributed by atoms with Gasteiger partial charge in [0.25, 0.3) is 11.5 Å². The molecule has 1 aromatic heterocycles. The van der Waals surface area contributed by atoms with Crippen LogP contribution in [0.3, 0.4) is 0 Å². The van der Waals surface area contributed by atoms with E-state index in [1.807, 2.05) is 0 Å². The molecule has 1 aliphatic rings. The van der Waals surface area contributed by atoms with Crippen molar-refractivity contribution in [2.24, 2.45) is 5.92 Å². The molecule has 1 aliphatic heterocycles. The first-order valence-corrected chi connectivity index (χ1v) is 6.63. The van der Waals surface area contributed by atoms with Gasteiger partial charge in [-0.1, -0.05) is 0 Å². The zero-order valence-corrected chi connectivity index (χ0v) is 11.0. The number of amides is 1. The Hall–Kier alpha value is -2.18. The van der Waals surface area contributed by atoms with Gasteiger partial charge in [0.2, 0.25) is 0 Å². The van der Waals surface area contributed by atoms with Gasteiger partial charge in [-0.05, 0) is 31.2 Å². The Morgan fingerprint density at radius 2 is 2.05 bits per heavy atom. The molecule has 0 bridgehead atoms. The zero-order valence-electron chi connectivity index (χ0n) is 11.0. The lowest BCUT2D eigenvalue weighted by molar-refractivity contribution is -0.137. The predicted octanol–water partition coefficient (Wildman–Crippen LogP) is 0.487. The van der Waals surface area contributed by atoms with Gasteiger partial charge in [-0.15, -0.1) is 0 Å². The second-order valence-corrected chi connectivity index (χ2v) is 4.97. The molecule has 2 N–H and O–H groups in total. The SMILES string of the molecule is O=C(O)CCC1CCN(C(=O)c2ccc(=O)[nH]n2)CC1. The van der Waals surface area contributed by atoms with E-state index >= 15 is 0 Å². The third-order valence-corrected chi connectivity index (χ3v) is 3.57. The maximum absolute atomic E-state index is 12.1. The van der Waals surface area contributed by atoms with Crippen molar-refractivity contribution < 1.29 is 14.7 Å². The molecule has 1 aromatic rings. The van der Waals surface area contributed by atoms with E-state index in [1.54, 1.807) is 4.90 Å². The summed E-state index contributed by atoms with van der Waals surface area (Å²) in [6, 6.07) is 2.69. The standard InChI is InChI=1S/C13H17N3O4/c17-11-3-2-10(14-15-11)13(20)16-7-5-9(6-8-16)1-4-12(18)19/h2-3,9H,1,4-8H2,(H,15,17)(H,18,19). The van der Waals surface area contributed by atoms with Crippen LogP contribution in [0.4, 0.5) is 0 Å². The number of carboxylic acids is 1. The third-order valence-electron chi connectivity index (χ3n) is 3.57. The Labute approximate surface area is 115 Å². The van der Waals surface area contributed by atoms with Gasteiger partial charge in [-0.25, -0.2) is 5.10 Å². The summed E-state index contributed by atoms with van der Waals surface area (Å²) in [6.07, 6.45) is 2.46. The van der Waals surface area contributed by atoms with Crippen molar-refractivity contribution in [1.82, 2.24) is 15.1 Å². The lowest BCUT2D eigenvalue weighted by Gasteiger charge is -2.31. The van der Waals surface area contributed by atoms with Gasteiger partial charge in [0.15, 0.2) is 0 Å². The van der Waals surface area contributed by atoms with Gasteiger partial charge < -0.3 is 10.0 Å². The Balaban J connectivity index is 1.87. The second-order valence-electron chi connectivity index (χ2n) is 4.97. The number of nitrogens with one attached hydrogen (secondary N) is 1. The maximum atomic E-state index is 12.1. The quantitative estimate of drug-likeness (QED) is 0.834. The maximum Gasteiger partial charge on any atom is 0.303 e. The molecule has 1 saturated heterocycles. The summed E-state index contributed by atoms with van der Waals surface area (Å²) in [5.41, 5.74) is -0.109. The molecule has 2 heterocycles. The minimum absolute atomic E-state index is 0.181. The Morgan fingerprint density at radius 1 is 1.35 bits per heavy atom. The number of piperidine rings is 1. The van der Waals surface area contributed by atoms with Crippen LogP contribution in [-0.2, 0) is 4.79 Å². The van der Waals surface area contributed by atoms with Crippen molar-refractivity contribution in [3.05, 3.63) is 28.2 Å². The van der Waals surface area contributed by atoms with Gasteiger partial charge in [0.05, 0.1) is 0 Å². The van der Waals surface area contributed by atoms with Gasteiger partial charge >= 0.3 is 5.97 Å². The fraction of sp³-hybridized carbons (Fsp3) is 0.538. The zero-order chi connectivity index (χ0) is 14.5. The fourth-order valence-corrected chi connectivity index (χ4v) is 2.38. The van der Waals surface area contributed by atoms with Crippen molar-refractivity contribution >= 4 is 11.9 Å². The second kappa shape index (κ2) is 6.31. The number of rotatable bonds is 4. The van der Waals surface area contributed by atoms with Gasteiger partial charge in [-0.2, -0.15) is 5.10 Å². The molecule has 20 heavy (non-hydrogen) atoms. The highest BCUT2D eigenvalue weighted by molar-refractivity contribution is 5.92. The van der Waals surface area contributed by atoms with Crippen LogP contribution in [0.5, 0.6) is 0 Å². The number of nitrogens with zero attached hydrogens (tertiary/aromatic N) is 2. The normalized spacial score (nSPS) is 16.1. The van der Waals surface area contributed by atoms with Crippen molar-refractivity contribution in [2.75, 3.05) is 13.1 Å². The van der Waals surface area contributed by atoms with Crippen molar-refractivity contribution in [1.29, 1.82) is 0 Å². The van der Waals surface area contributed by atoms with E-state index in [1.165, 1.54) is 12.1 Å². The molecule has 1 amide bonds. The van der Waals surface area contributed by atoms with E-state index in [2.05, 4.69) is 10.2 Å². The summed E-state index contributed by atoms with van der Waals surface area (Å²) in [5, 5.41) is 14.6. The smallest absolute Gasteiger partial charge is 0.303 e. The molecule has 108 valence electrons. The summed E-state index contributed by atoms with van der Waals surface area (Å²) < 4.78 is 0. The molecule has 0 atom stereocenters. The van der Waals surface area contributed by atoms with Crippen LogP contribution in [0.25, 0.3) is 0 Å². The van der Waals surface area contributed by atoms with Crippen molar-refractivity contribution in [2.45, 2.75) is 25.7 Å². The number of likely N-dealkylation sites (tertiary alicyclic amines) is 1. The fourth-order valence-electron chi connectivity index (χ4n) is 2.38. The summed E-state index contributed by atoms with van der Waals surface area (Å²) >= 11 is 0. The first-order chi connectivity index (χ1) is 9.56. The average molecular weight is 279 g/mol. The highest BCUT2D eigenvalue weighted by Gasteiger charge is 2.24. The molecule has 2 rings (SSSR count). The van der Waals surface area contributed by atoms with Crippen LogP contribution < -0.4 is 5.56 Å². The number of hydrogen-bond donors (Lipinski definition) is 2. The Bertz CT molecular complexity index is 526. The van der Waals surface area contributed by atoms with Crippen LogP contribution in [-0.4, -0.2) is 45.2 Å². The molecule has 7 nitrogen and oxygen atoms in total. The predicted molar refractivity (Wildman–Crippen MR) is 70.4 cm³/mol. The van der Waals surface area contributed by atoms with E-state index in [0.29, 0.717) is 25.4 Å². The molecule has 0 unspecified atom stereocenters. The first-order valence-electron chi connectivity index (χ1n) is 6.63. The summed E-state index contributed by atoms with van der Waals surface area (Å²) in [6.45, 7) is 1.20. The monoisotopic (exact) mass is 279 g/mol.